The zero-order chi connectivity index (χ0) is 21.6. The molecule has 0 amide bonds. The Morgan fingerprint density at radius 3 is 2.28 bits per heavy atom. The normalized spacial score (nSPS) is 17.2. The van der Waals surface area contributed by atoms with E-state index in [0.29, 0.717) is 5.82 Å². The Kier molecular flexibility index (Phi) is 13.4. The van der Waals surface area contributed by atoms with E-state index in [2.05, 4.69) is 30.8 Å². The van der Waals surface area contributed by atoms with Crippen LogP contribution in [0.15, 0.2) is 22.7 Å². The maximum Gasteiger partial charge on any atom is 0.224 e. The van der Waals surface area contributed by atoms with Crippen LogP contribution in [-0.4, -0.2) is 47.2 Å². The molecule has 1 aliphatic carbocycles. The molecule has 1 aromatic heterocycles. The number of nitrogens with zero attached hydrogens (tertiary/aromatic N) is 3. The topological polar surface area (TPSA) is 64.3 Å². The van der Waals surface area contributed by atoms with Gasteiger partial charge in [0.1, 0.15) is 5.82 Å². The Morgan fingerprint density at radius 1 is 1.03 bits per heavy atom. The number of hydrogen-bond acceptors (Lipinski definition) is 5. The van der Waals surface area contributed by atoms with Crippen molar-refractivity contribution in [2.75, 3.05) is 32.0 Å². The summed E-state index contributed by atoms with van der Waals surface area (Å²) in [5.74, 6) is 0.399. The van der Waals surface area contributed by atoms with Crippen molar-refractivity contribution < 1.29 is 4.74 Å². The van der Waals surface area contributed by atoms with Crippen LogP contribution in [0.2, 0.25) is 5.28 Å². The van der Waals surface area contributed by atoms with Gasteiger partial charge in [-0.2, -0.15) is 0 Å². The molecular formula is C22H36BrClN4O. The molecule has 29 heavy (non-hydrogen) atoms. The van der Waals surface area contributed by atoms with E-state index in [0.717, 1.165) is 34.6 Å². The molecule has 2 aliphatic rings. The van der Waals surface area contributed by atoms with Gasteiger partial charge in [-0.15, -0.1) is 0 Å². The maximum atomic E-state index is 5.67. The van der Waals surface area contributed by atoms with E-state index >= 15 is 0 Å². The molecule has 0 radical (unpaired) electrons. The average molecular weight is 488 g/mol. The van der Waals surface area contributed by atoms with Crippen molar-refractivity contribution in [3.05, 3.63) is 28.0 Å². The van der Waals surface area contributed by atoms with Crippen LogP contribution < -0.4 is 5.73 Å². The van der Waals surface area contributed by atoms with Gasteiger partial charge in [-0.3, -0.25) is 4.90 Å². The number of nitrogen functional groups attached to an aromatic ring is 1. The Balaban J connectivity index is 0.000000248. The zero-order valence-corrected chi connectivity index (χ0v) is 20.6. The third-order valence-electron chi connectivity index (χ3n) is 4.80. The minimum absolute atomic E-state index is 0.173. The van der Waals surface area contributed by atoms with Crippen molar-refractivity contribution in [1.82, 2.24) is 14.9 Å². The van der Waals surface area contributed by atoms with Gasteiger partial charge in [-0.05, 0) is 42.6 Å². The van der Waals surface area contributed by atoms with Crippen LogP contribution in [0, 0.1) is 0 Å². The fourth-order valence-corrected chi connectivity index (χ4v) is 4.03. The van der Waals surface area contributed by atoms with Gasteiger partial charge in [0.15, 0.2) is 0 Å². The SMILES string of the molecule is C1CCC(N2CCOCC2)CC1.CC.CC.Nc1nc(Cl)nc2ccc(Br)cc12. The summed E-state index contributed by atoms with van der Waals surface area (Å²) in [6, 6.07) is 6.47. The van der Waals surface area contributed by atoms with Crippen LogP contribution >= 0.6 is 27.5 Å². The standard InChI is InChI=1S/C10H19NO.C8H5BrClN3.2C2H6/c1-2-4-10(5-3-1)11-6-8-12-9-7-11;9-4-1-2-6-5(3-4)7(11)13-8(10)12-6;2*1-2/h10H,1-9H2;1-3H,(H2,11,12,13);2*1-2H3. The molecule has 2 fully saturated rings. The van der Waals surface area contributed by atoms with Gasteiger partial charge in [-0.25, -0.2) is 9.97 Å². The van der Waals surface area contributed by atoms with E-state index in [9.17, 15) is 0 Å². The van der Waals surface area contributed by atoms with Crippen LogP contribution in [-0.2, 0) is 4.74 Å². The van der Waals surface area contributed by atoms with Crippen LogP contribution in [0.25, 0.3) is 10.9 Å². The summed E-state index contributed by atoms with van der Waals surface area (Å²) < 4.78 is 6.29. The Labute approximate surface area is 189 Å². The number of aromatic nitrogens is 2. The number of nitrogens with two attached hydrogens (primary N) is 1. The quantitative estimate of drug-likeness (QED) is 0.476. The summed E-state index contributed by atoms with van der Waals surface area (Å²) in [6.07, 6.45) is 7.21. The number of ether oxygens (including phenoxy) is 1. The van der Waals surface area contributed by atoms with Gasteiger partial charge in [0, 0.05) is 29.0 Å². The van der Waals surface area contributed by atoms with Crippen LogP contribution in [0.1, 0.15) is 59.8 Å². The Morgan fingerprint density at radius 2 is 1.66 bits per heavy atom. The van der Waals surface area contributed by atoms with E-state index in [1.807, 2.05) is 45.9 Å². The number of anilines is 1. The van der Waals surface area contributed by atoms with E-state index in [-0.39, 0.29) is 5.28 Å². The van der Waals surface area contributed by atoms with Crippen LogP contribution in [0.5, 0.6) is 0 Å². The first-order chi connectivity index (χ1) is 14.1. The molecule has 1 saturated carbocycles. The van der Waals surface area contributed by atoms with Gasteiger partial charge in [0.2, 0.25) is 5.28 Å². The van der Waals surface area contributed by atoms with Crippen LogP contribution in [0.4, 0.5) is 5.82 Å². The van der Waals surface area contributed by atoms with Gasteiger partial charge < -0.3 is 10.5 Å². The zero-order valence-electron chi connectivity index (χ0n) is 18.3. The summed E-state index contributed by atoms with van der Waals surface area (Å²) in [4.78, 5) is 10.5. The first kappa shape index (κ1) is 26.1. The molecule has 1 aromatic carbocycles. The molecule has 164 valence electrons. The summed E-state index contributed by atoms with van der Waals surface area (Å²) in [5.41, 5.74) is 6.42. The molecule has 7 heteroatoms. The predicted octanol–water partition coefficient (Wildman–Crippen LogP) is 6.33. The van der Waals surface area contributed by atoms with Gasteiger partial charge >= 0.3 is 0 Å². The van der Waals surface area contributed by atoms with Crippen molar-refractivity contribution in [3.63, 3.8) is 0 Å². The molecule has 0 bridgehead atoms. The molecule has 1 saturated heterocycles. The number of hydrogen-bond donors (Lipinski definition) is 1. The second-order valence-corrected chi connectivity index (χ2v) is 7.73. The highest BCUT2D eigenvalue weighted by Crippen LogP contribution is 2.24. The number of fused-ring (bicyclic) bond motifs is 1. The molecule has 2 heterocycles. The largest absolute Gasteiger partial charge is 0.383 e. The first-order valence-corrected chi connectivity index (χ1v) is 12.0. The lowest BCUT2D eigenvalue weighted by Crippen LogP contribution is -2.44. The highest BCUT2D eigenvalue weighted by Gasteiger charge is 2.22. The molecule has 1 aliphatic heterocycles. The smallest absolute Gasteiger partial charge is 0.224 e. The Bertz CT molecular complexity index is 689. The van der Waals surface area contributed by atoms with Crippen molar-refractivity contribution in [1.29, 1.82) is 0 Å². The Hall–Kier alpha value is -0.950. The minimum Gasteiger partial charge on any atom is -0.383 e. The molecule has 0 atom stereocenters. The third kappa shape index (κ3) is 8.75. The van der Waals surface area contributed by atoms with Crippen molar-refractivity contribution in [3.8, 4) is 0 Å². The number of rotatable bonds is 1. The molecule has 2 N–H and O–H groups in total. The molecule has 5 nitrogen and oxygen atoms in total. The highest BCUT2D eigenvalue weighted by atomic mass is 79.9. The summed E-state index contributed by atoms with van der Waals surface area (Å²) >= 11 is 8.99. The van der Waals surface area contributed by atoms with E-state index in [1.54, 1.807) is 0 Å². The minimum atomic E-state index is 0.173. The second kappa shape index (κ2) is 14.9. The van der Waals surface area contributed by atoms with Gasteiger partial charge in [-0.1, -0.05) is 62.9 Å². The van der Waals surface area contributed by atoms with E-state index in [1.165, 1.54) is 45.2 Å². The maximum absolute atomic E-state index is 5.67. The van der Waals surface area contributed by atoms with Crippen molar-refractivity contribution in [2.45, 2.75) is 65.8 Å². The third-order valence-corrected chi connectivity index (χ3v) is 5.46. The van der Waals surface area contributed by atoms with E-state index < -0.39 is 0 Å². The lowest BCUT2D eigenvalue weighted by atomic mass is 9.94. The monoisotopic (exact) mass is 486 g/mol. The first-order valence-electron chi connectivity index (χ1n) is 10.8. The summed E-state index contributed by atoms with van der Waals surface area (Å²) in [7, 11) is 0. The number of benzene rings is 1. The number of morpholine rings is 1. The molecule has 2 aromatic rings. The van der Waals surface area contributed by atoms with E-state index in [4.69, 9.17) is 22.1 Å². The van der Waals surface area contributed by atoms with Crippen molar-refractivity contribution >= 4 is 44.3 Å². The van der Waals surface area contributed by atoms with Crippen molar-refractivity contribution in [2.24, 2.45) is 0 Å². The fraction of sp³-hybridized carbons (Fsp3) is 0.636. The van der Waals surface area contributed by atoms with Gasteiger partial charge in [0.05, 0.1) is 18.7 Å². The average Bonchev–Trinajstić information content (AvgIpc) is 2.79. The molecular weight excluding hydrogens is 452 g/mol. The predicted molar refractivity (Wildman–Crippen MR) is 129 cm³/mol. The lowest BCUT2D eigenvalue weighted by molar-refractivity contribution is 0.00858. The summed E-state index contributed by atoms with van der Waals surface area (Å²) in [6.45, 7) is 12.3. The second-order valence-electron chi connectivity index (χ2n) is 6.48. The van der Waals surface area contributed by atoms with Crippen LogP contribution in [0.3, 0.4) is 0 Å². The molecule has 4 rings (SSSR count). The van der Waals surface area contributed by atoms with Gasteiger partial charge in [0.25, 0.3) is 0 Å². The number of halogens is 2. The fourth-order valence-electron chi connectivity index (χ4n) is 3.48. The lowest BCUT2D eigenvalue weighted by Gasteiger charge is -2.36. The molecule has 0 spiro atoms. The molecule has 0 unspecified atom stereocenters. The summed E-state index contributed by atoms with van der Waals surface area (Å²) in [5, 5.41) is 0.978. The highest BCUT2D eigenvalue weighted by molar-refractivity contribution is 9.10.